The molecule has 3 N–H and O–H groups in total. The van der Waals surface area contributed by atoms with Gasteiger partial charge in [-0.05, 0) is 63.8 Å². The highest BCUT2D eigenvalue weighted by molar-refractivity contribution is 5.94. The summed E-state index contributed by atoms with van der Waals surface area (Å²) in [7, 11) is 0. The molecule has 1 saturated carbocycles. The van der Waals surface area contributed by atoms with Crippen LogP contribution in [0.4, 0.5) is 4.39 Å². The normalized spacial score (nSPS) is 19.4. The summed E-state index contributed by atoms with van der Waals surface area (Å²) in [5.74, 6) is -0.982. The van der Waals surface area contributed by atoms with Crippen molar-refractivity contribution in [2.75, 3.05) is 0 Å². The smallest absolute Gasteiger partial charge is 0.253 e. The summed E-state index contributed by atoms with van der Waals surface area (Å²) in [5, 5.41) is 15.6. The summed E-state index contributed by atoms with van der Waals surface area (Å²) >= 11 is 0. The molecule has 1 aliphatic rings. The summed E-state index contributed by atoms with van der Waals surface area (Å²) in [6.07, 6.45) is 4.61. The number of nitrogens with one attached hydrogen (secondary N) is 2. The number of nitrogens with zero attached hydrogens (tertiary/aromatic N) is 1. The third-order valence-electron chi connectivity index (χ3n) is 5.05. The lowest BCUT2D eigenvalue weighted by atomic mass is 9.90. The van der Waals surface area contributed by atoms with Crippen LogP contribution in [0.5, 0.6) is 0 Å². The molecule has 0 aliphatic heterocycles. The van der Waals surface area contributed by atoms with Gasteiger partial charge in [-0.15, -0.1) is 0 Å². The van der Waals surface area contributed by atoms with Crippen molar-refractivity contribution in [3.63, 3.8) is 0 Å². The predicted molar refractivity (Wildman–Crippen MR) is 108 cm³/mol. The minimum atomic E-state index is -1.43. The molecule has 2 aromatic rings. The van der Waals surface area contributed by atoms with Gasteiger partial charge in [0.1, 0.15) is 11.4 Å². The van der Waals surface area contributed by atoms with Crippen LogP contribution >= 0.6 is 0 Å². The molecule has 1 heterocycles. The van der Waals surface area contributed by atoms with Gasteiger partial charge in [0, 0.05) is 23.8 Å². The first kappa shape index (κ1) is 20.9. The van der Waals surface area contributed by atoms with Crippen molar-refractivity contribution in [2.45, 2.75) is 57.2 Å². The van der Waals surface area contributed by atoms with E-state index in [1.165, 1.54) is 32.2 Å². The molecule has 1 fully saturated rings. The van der Waals surface area contributed by atoms with Crippen molar-refractivity contribution in [1.29, 1.82) is 0 Å². The first-order chi connectivity index (χ1) is 13.7. The van der Waals surface area contributed by atoms with Crippen LogP contribution in [0.1, 0.15) is 49.9 Å². The fourth-order valence-corrected chi connectivity index (χ4v) is 3.43. The molecule has 2 amide bonds. The van der Waals surface area contributed by atoms with Crippen LogP contribution in [0.25, 0.3) is 11.3 Å². The molecule has 1 aliphatic carbocycles. The Morgan fingerprint density at radius 3 is 2.48 bits per heavy atom. The molecule has 154 valence electrons. The van der Waals surface area contributed by atoms with Crippen LogP contribution in [0.15, 0.2) is 42.6 Å². The molecule has 6 nitrogen and oxygen atoms in total. The lowest BCUT2D eigenvalue weighted by molar-refractivity contribution is -0.137. The van der Waals surface area contributed by atoms with Crippen molar-refractivity contribution in [2.24, 2.45) is 0 Å². The number of carbonyl (C=O) groups excluding carboxylic acids is 2. The lowest BCUT2D eigenvalue weighted by Crippen LogP contribution is -2.50. The summed E-state index contributed by atoms with van der Waals surface area (Å²) in [6.45, 7) is 2.90. The predicted octanol–water partition coefficient (Wildman–Crippen LogP) is 2.82. The Morgan fingerprint density at radius 2 is 1.86 bits per heavy atom. The number of benzene rings is 1. The average molecular weight is 399 g/mol. The molecule has 0 radical (unpaired) electrons. The molecule has 1 aromatic heterocycles. The third-order valence-corrected chi connectivity index (χ3v) is 5.05. The van der Waals surface area contributed by atoms with Gasteiger partial charge in [-0.1, -0.05) is 12.1 Å². The Labute approximate surface area is 169 Å². The third kappa shape index (κ3) is 5.60. The van der Waals surface area contributed by atoms with E-state index < -0.39 is 11.5 Å². The summed E-state index contributed by atoms with van der Waals surface area (Å²) < 4.78 is 13.4. The lowest BCUT2D eigenvalue weighted by Gasteiger charge is -2.31. The Balaban J connectivity index is 1.59. The van der Waals surface area contributed by atoms with Gasteiger partial charge in [-0.25, -0.2) is 4.39 Å². The van der Waals surface area contributed by atoms with Crippen molar-refractivity contribution in [3.05, 3.63) is 54.0 Å². The number of aromatic nitrogens is 1. The van der Waals surface area contributed by atoms with E-state index in [2.05, 4.69) is 15.6 Å². The van der Waals surface area contributed by atoms with Crippen molar-refractivity contribution in [3.8, 4) is 11.3 Å². The van der Waals surface area contributed by atoms with E-state index in [1.54, 1.807) is 24.3 Å². The monoisotopic (exact) mass is 399 g/mol. The largest absolute Gasteiger partial charge is 0.381 e. The highest BCUT2D eigenvalue weighted by Crippen LogP contribution is 2.21. The number of amides is 2. The number of aliphatic hydroxyl groups is 1. The van der Waals surface area contributed by atoms with Gasteiger partial charge >= 0.3 is 0 Å². The molecule has 7 heteroatoms. The second kappa shape index (κ2) is 8.69. The zero-order chi connectivity index (χ0) is 21.0. The van der Waals surface area contributed by atoms with Gasteiger partial charge < -0.3 is 15.7 Å². The fraction of sp³-hybridized carbons (Fsp3) is 0.409. The van der Waals surface area contributed by atoms with Gasteiger partial charge in [0.05, 0.1) is 11.3 Å². The minimum absolute atomic E-state index is 0.0637. The van der Waals surface area contributed by atoms with Gasteiger partial charge in [0.2, 0.25) is 0 Å². The van der Waals surface area contributed by atoms with Crippen LogP contribution in [0, 0.1) is 5.82 Å². The quantitative estimate of drug-likeness (QED) is 0.721. The summed E-state index contributed by atoms with van der Waals surface area (Å²) in [6, 6.07) is 9.35. The zero-order valence-corrected chi connectivity index (χ0v) is 16.6. The summed E-state index contributed by atoms with van der Waals surface area (Å²) in [5.41, 5.74) is 0.237. The molecule has 3 rings (SSSR count). The standard InChI is InChI=1S/C22H26FN3O3/c1-22(2,29)21(28)26-18-8-4-7-17(12-18)25-20(27)15-9-10-19(24-13-15)14-5-3-6-16(23)11-14/h3,5-6,9-11,13,17-18,29H,4,7-8,12H2,1-2H3,(H,25,27)(H,26,28)/t17-,18+/m0/s1. The molecular weight excluding hydrogens is 373 g/mol. The van der Waals surface area contributed by atoms with E-state index in [0.717, 1.165) is 19.3 Å². The Hall–Kier alpha value is -2.80. The average Bonchev–Trinajstić information content (AvgIpc) is 2.67. The molecule has 2 atom stereocenters. The van der Waals surface area contributed by atoms with Gasteiger partial charge in [0.25, 0.3) is 11.8 Å². The number of hydrogen-bond donors (Lipinski definition) is 3. The molecule has 0 bridgehead atoms. The highest BCUT2D eigenvalue weighted by atomic mass is 19.1. The van der Waals surface area contributed by atoms with E-state index in [1.807, 2.05) is 0 Å². The Morgan fingerprint density at radius 1 is 1.14 bits per heavy atom. The van der Waals surface area contributed by atoms with E-state index in [0.29, 0.717) is 23.2 Å². The molecule has 0 saturated heterocycles. The SMILES string of the molecule is CC(C)(O)C(=O)N[C@@H]1CCC[C@H](NC(=O)c2ccc(-c3cccc(F)c3)nc2)C1. The maximum Gasteiger partial charge on any atom is 0.253 e. The fourth-order valence-electron chi connectivity index (χ4n) is 3.43. The molecule has 0 spiro atoms. The highest BCUT2D eigenvalue weighted by Gasteiger charge is 2.29. The number of pyridine rings is 1. The molecule has 0 unspecified atom stereocenters. The molecular formula is C22H26FN3O3. The Kier molecular flexibility index (Phi) is 6.27. The van der Waals surface area contributed by atoms with Crippen LogP contribution in [0.3, 0.4) is 0 Å². The van der Waals surface area contributed by atoms with Crippen LogP contribution in [-0.2, 0) is 4.79 Å². The second-order valence-corrected chi connectivity index (χ2v) is 8.01. The van der Waals surface area contributed by atoms with Crippen LogP contribution < -0.4 is 10.6 Å². The number of hydrogen-bond acceptors (Lipinski definition) is 4. The summed E-state index contributed by atoms with van der Waals surface area (Å²) in [4.78, 5) is 28.8. The van der Waals surface area contributed by atoms with Gasteiger partial charge in [-0.3, -0.25) is 14.6 Å². The Bertz CT molecular complexity index is 878. The maximum atomic E-state index is 13.4. The van der Waals surface area contributed by atoms with Crippen molar-refractivity contribution >= 4 is 11.8 Å². The van der Waals surface area contributed by atoms with Gasteiger partial charge in [-0.2, -0.15) is 0 Å². The van der Waals surface area contributed by atoms with Gasteiger partial charge in [0.15, 0.2) is 0 Å². The van der Waals surface area contributed by atoms with Crippen molar-refractivity contribution in [1.82, 2.24) is 15.6 Å². The molecule has 1 aromatic carbocycles. The molecule has 29 heavy (non-hydrogen) atoms. The van der Waals surface area contributed by atoms with Crippen LogP contribution in [0.2, 0.25) is 0 Å². The van der Waals surface area contributed by atoms with E-state index in [4.69, 9.17) is 0 Å². The first-order valence-corrected chi connectivity index (χ1v) is 9.78. The van der Waals surface area contributed by atoms with Crippen molar-refractivity contribution < 1.29 is 19.1 Å². The maximum absolute atomic E-state index is 13.4. The minimum Gasteiger partial charge on any atom is -0.381 e. The van der Waals surface area contributed by atoms with E-state index >= 15 is 0 Å². The van der Waals surface area contributed by atoms with E-state index in [-0.39, 0.29) is 23.8 Å². The zero-order valence-electron chi connectivity index (χ0n) is 16.6. The number of halogens is 1. The topological polar surface area (TPSA) is 91.3 Å². The van der Waals surface area contributed by atoms with E-state index in [9.17, 15) is 19.1 Å². The number of carbonyl (C=O) groups is 2. The number of rotatable bonds is 5. The second-order valence-electron chi connectivity index (χ2n) is 8.01. The first-order valence-electron chi connectivity index (χ1n) is 9.78. The van der Waals surface area contributed by atoms with Crippen LogP contribution in [-0.4, -0.2) is 39.6 Å².